The van der Waals surface area contributed by atoms with Crippen LogP contribution in [0.1, 0.15) is 54.4 Å². The Morgan fingerprint density at radius 3 is 2.44 bits per heavy atom. The van der Waals surface area contributed by atoms with Gasteiger partial charge in [-0.3, -0.25) is 4.79 Å². The van der Waals surface area contributed by atoms with Gasteiger partial charge in [0.05, 0.1) is 12.7 Å². The highest BCUT2D eigenvalue weighted by Gasteiger charge is 2.23. The summed E-state index contributed by atoms with van der Waals surface area (Å²) in [4.78, 5) is 12.6. The summed E-state index contributed by atoms with van der Waals surface area (Å²) in [5.74, 6) is 1.20. The fraction of sp³-hybridized carbons (Fsp3) is 0.562. The van der Waals surface area contributed by atoms with Crippen molar-refractivity contribution in [3.8, 4) is 5.75 Å². The van der Waals surface area contributed by atoms with Gasteiger partial charge >= 0.3 is 0 Å². The second-order valence-corrected chi connectivity index (χ2v) is 5.26. The van der Waals surface area contributed by atoms with E-state index in [1.807, 2.05) is 25.1 Å². The molecule has 1 saturated carbocycles. The number of hydrogen-bond acceptors (Lipinski definition) is 2. The quantitative estimate of drug-likeness (QED) is 0.591. The molecule has 1 aliphatic rings. The summed E-state index contributed by atoms with van der Waals surface area (Å²) in [6.45, 7) is 2.02. The van der Waals surface area contributed by atoms with E-state index in [4.69, 9.17) is 4.74 Å². The molecule has 0 spiro atoms. The number of Topliss-reactive ketones (excluding diaryl/α,β-unsaturated/α-hetero) is 1. The predicted molar refractivity (Wildman–Crippen MR) is 73.3 cm³/mol. The lowest BCUT2D eigenvalue weighted by Gasteiger charge is -2.15. The first kappa shape index (κ1) is 13.1. The first-order valence-electron chi connectivity index (χ1n) is 6.91. The van der Waals surface area contributed by atoms with Gasteiger partial charge in [-0.05, 0) is 37.5 Å². The van der Waals surface area contributed by atoms with Crippen LogP contribution in [0, 0.1) is 12.8 Å². The molecule has 0 atom stereocenters. The molecule has 0 bridgehead atoms. The van der Waals surface area contributed by atoms with E-state index in [9.17, 15) is 4.79 Å². The third-order valence-corrected chi connectivity index (χ3v) is 3.85. The SMILES string of the molecule is COc1cc(C)ccc1C(=O)C1CCCCCC1. The lowest BCUT2D eigenvalue weighted by Crippen LogP contribution is -2.15. The minimum Gasteiger partial charge on any atom is -0.496 e. The Bertz CT molecular complexity index is 415. The zero-order valence-electron chi connectivity index (χ0n) is 11.4. The minimum absolute atomic E-state index is 0.198. The number of methoxy groups -OCH3 is 1. The molecule has 0 unspecified atom stereocenters. The van der Waals surface area contributed by atoms with Gasteiger partial charge in [0.2, 0.25) is 0 Å². The molecule has 0 radical (unpaired) electrons. The Kier molecular flexibility index (Phi) is 4.40. The molecule has 1 fully saturated rings. The van der Waals surface area contributed by atoms with Crippen LogP contribution in [0.4, 0.5) is 0 Å². The Hall–Kier alpha value is -1.31. The van der Waals surface area contributed by atoms with Crippen molar-refractivity contribution in [2.45, 2.75) is 45.4 Å². The smallest absolute Gasteiger partial charge is 0.169 e. The van der Waals surface area contributed by atoms with E-state index in [1.165, 1.54) is 25.7 Å². The number of carbonyl (C=O) groups excluding carboxylic acids is 1. The molecule has 1 aliphatic carbocycles. The van der Waals surface area contributed by atoms with Crippen molar-refractivity contribution in [3.05, 3.63) is 29.3 Å². The molecule has 0 aliphatic heterocycles. The van der Waals surface area contributed by atoms with Crippen LogP contribution < -0.4 is 4.74 Å². The number of benzene rings is 1. The van der Waals surface area contributed by atoms with E-state index >= 15 is 0 Å². The van der Waals surface area contributed by atoms with Crippen molar-refractivity contribution in [1.29, 1.82) is 0 Å². The first-order chi connectivity index (χ1) is 8.72. The number of rotatable bonds is 3. The Morgan fingerprint density at radius 2 is 1.83 bits per heavy atom. The van der Waals surface area contributed by atoms with Gasteiger partial charge in [0.1, 0.15) is 5.75 Å². The summed E-state index contributed by atoms with van der Waals surface area (Å²) in [6, 6.07) is 5.86. The average molecular weight is 246 g/mol. The number of ketones is 1. The highest BCUT2D eigenvalue weighted by atomic mass is 16.5. The Morgan fingerprint density at radius 1 is 1.17 bits per heavy atom. The van der Waals surface area contributed by atoms with E-state index in [0.29, 0.717) is 0 Å². The van der Waals surface area contributed by atoms with E-state index < -0.39 is 0 Å². The van der Waals surface area contributed by atoms with E-state index in [1.54, 1.807) is 7.11 Å². The Balaban J connectivity index is 2.21. The molecule has 18 heavy (non-hydrogen) atoms. The summed E-state index contributed by atoms with van der Waals surface area (Å²) < 4.78 is 5.35. The molecule has 0 aromatic heterocycles. The molecule has 0 heterocycles. The van der Waals surface area contributed by atoms with Crippen LogP contribution >= 0.6 is 0 Å². The summed E-state index contributed by atoms with van der Waals surface area (Å²) in [7, 11) is 1.64. The van der Waals surface area contributed by atoms with Gasteiger partial charge in [-0.1, -0.05) is 31.7 Å². The molecule has 0 amide bonds. The monoisotopic (exact) mass is 246 g/mol. The van der Waals surface area contributed by atoms with Crippen LogP contribution in [0.15, 0.2) is 18.2 Å². The van der Waals surface area contributed by atoms with Gasteiger partial charge in [0.25, 0.3) is 0 Å². The number of ether oxygens (including phenoxy) is 1. The van der Waals surface area contributed by atoms with E-state index in [0.717, 1.165) is 29.7 Å². The van der Waals surface area contributed by atoms with Gasteiger partial charge in [0.15, 0.2) is 5.78 Å². The molecule has 2 rings (SSSR count). The standard InChI is InChI=1S/C16H22O2/c1-12-9-10-14(15(11-12)18-2)16(17)13-7-5-3-4-6-8-13/h9-11,13H,3-8H2,1-2H3. The molecule has 0 saturated heterocycles. The van der Waals surface area contributed by atoms with Crippen LogP contribution in [0.3, 0.4) is 0 Å². The lowest BCUT2D eigenvalue weighted by atomic mass is 9.90. The maximum absolute atomic E-state index is 12.6. The highest BCUT2D eigenvalue weighted by Crippen LogP contribution is 2.29. The van der Waals surface area contributed by atoms with Crippen molar-refractivity contribution >= 4 is 5.78 Å². The van der Waals surface area contributed by atoms with Gasteiger partial charge in [-0.2, -0.15) is 0 Å². The maximum Gasteiger partial charge on any atom is 0.169 e. The fourth-order valence-electron chi connectivity index (χ4n) is 2.76. The van der Waals surface area contributed by atoms with Crippen molar-refractivity contribution in [1.82, 2.24) is 0 Å². The van der Waals surface area contributed by atoms with E-state index in [-0.39, 0.29) is 11.7 Å². The Labute approximate surface area is 109 Å². The van der Waals surface area contributed by atoms with Crippen LogP contribution in [-0.2, 0) is 0 Å². The van der Waals surface area contributed by atoms with Crippen molar-refractivity contribution in [3.63, 3.8) is 0 Å². The maximum atomic E-state index is 12.6. The third kappa shape index (κ3) is 2.92. The van der Waals surface area contributed by atoms with Gasteiger partial charge in [-0.25, -0.2) is 0 Å². The summed E-state index contributed by atoms with van der Waals surface area (Å²) in [6.07, 6.45) is 6.99. The largest absolute Gasteiger partial charge is 0.496 e. The third-order valence-electron chi connectivity index (χ3n) is 3.85. The van der Waals surface area contributed by atoms with Crippen molar-refractivity contribution in [2.24, 2.45) is 5.92 Å². The van der Waals surface area contributed by atoms with Crippen LogP contribution in [0.5, 0.6) is 5.75 Å². The molecule has 2 heteroatoms. The normalized spacial score (nSPS) is 17.2. The van der Waals surface area contributed by atoms with Crippen molar-refractivity contribution in [2.75, 3.05) is 7.11 Å². The second-order valence-electron chi connectivity index (χ2n) is 5.26. The average Bonchev–Trinajstić information content (AvgIpc) is 2.66. The molecular weight excluding hydrogens is 224 g/mol. The van der Waals surface area contributed by atoms with Crippen LogP contribution in [-0.4, -0.2) is 12.9 Å². The topological polar surface area (TPSA) is 26.3 Å². The number of aryl methyl sites for hydroxylation is 1. The van der Waals surface area contributed by atoms with Gasteiger partial charge in [0, 0.05) is 5.92 Å². The second kappa shape index (κ2) is 6.03. The molecule has 1 aromatic carbocycles. The van der Waals surface area contributed by atoms with Crippen molar-refractivity contribution < 1.29 is 9.53 Å². The minimum atomic E-state index is 0.198. The van der Waals surface area contributed by atoms with Crippen LogP contribution in [0.25, 0.3) is 0 Å². The lowest BCUT2D eigenvalue weighted by molar-refractivity contribution is 0.0905. The number of hydrogen-bond donors (Lipinski definition) is 0. The van der Waals surface area contributed by atoms with Gasteiger partial charge in [-0.15, -0.1) is 0 Å². The fourth-order valence-corrected chi connectivity index (χ4v) is 2.76. The van der Waals surface area contributed by atoms with E-state index in [2.05, 4.69) is 0 Å². The summed E-state index contributed by atoms with van der Waals surface area (Å²) in [5, 5.41) is 0. The molecule has 1 aromatic rings. The zero-order valence-corrected chi connectivity index (χ0v) is 11.4. The first-order valence-corrected chi connectivity index (χ1v) is 6.91. The summed E-state index contributed by atoms with van der Waals surface area (Å²) in [5.41, 5.74) is 1.89. The predicted octanol–water partition coefficient (Wildman–Crippen LogP) is 4.16. The molecule has 0 N–H and O–H groups in total. The molecular formula is C16H22O2. The molecule has 2 nitrogen and oxygen atoms in total. The molecule has 98 valence electrons. The highest BCUT2D eigenvalue weighted by molar-refractivity contribution is 6.00. The van der Waals surface area contributed by atoms with Crippen LogP contribution in [0.2, 0.25) is 0 Å². The van der Waals surface area contributed by atoms with Gasteiger partial charge < -0.3 is 4.74 Å². The zero-order chi connectivity index (χ0) is 13.0. The summed E-state index contributed by atoms with van der Waals surface area (Å²) >= 11 is 0. The number of carbonyl (C=O) groups is 1.